The van der Waals surface area contributed by atoms with Gasteiger partial charge in [0, 0.05) is 18.1 Å². The summed E-state index contributed by atoms with van der Waals surface area (Å²) in [5, 5.41) is 2.96. The summed E-state index contributed by atoms with van der Waals surface area (Å²) in [6.07, 6.45) is -0.198. The van der Waals surface area contributed by atoms with Crippen molar-refractivity contribution < 1.29 is 23.0 Å². The number of rotatable bonds is 4. The van der Waals surface area contributed by atoms with Crippen LogP contribution in [0.1, 0.15) is 36.1 Å². The molecule has 6 heteroatoms. The summed E-state index contributed by atoms with van der Waals surface area (Å²) in [6.45, 7) is 6.05. The third-order valence-corrected chi connectivity index (χ3v) is 4.37. The van der Waals surface area contributed by atoms with Crippen molar-refractivity contribution in [3.8, 4) is 11.5 Å². The van der Waals surface area contributed by atoms with Crippen LogP contribution in [0, 0.1) is 25.5 Å². The third-order valence-electron chi connectivity index (χ3n) is 4.37. The van der Waals surface area contributed by atoms with Gasteiger partial charge < -0.3 is 14.8 Å². The number of aryl methyl sites for hydroxylation is 2. The number of carbonyl (C=O) groups excluding carboxylic acids is 1. The Labute approximate surface area is 151 Å². The van der Waals surface area contributed by atoms with Gasteiger partial charge in [0.05, 0.1) is 12.6 Å². The molecule has 3 rings (SSSR count). The Morgan fingerprint density at radius 1 is 1.23 bits per heavy atom. The van der Waals surface area contributed by atoms with E-state index in [1.54, 1.807) is 6.92 Å². The highest BCUT2D eigenvalue weighted by molar-refractivity contribution is 5.81. The quantitative estimate of drug-likeness (QED) is 0.896. The largest absolute Gasteiger partial charge is 0.493 e. The second-order valence-corrected chi connectivity index (χ2v) is 6.53. The molecule has 0 bridgehead atoms. The van der Waals surface area contributed by atoms with Crippen molar-refractivity contribution in [2.45, 2.75) is 39.3 Å². The Hall–Kier alpha value is -2.63. The molecule has 0 spiro atoms. The minimum absolute atomic E-state index is 0.102. The first-order valence-corrected chi connectivity index (χ1v) is 8.51. The Balaban J connectivity index is 1.71. The molecular formula is C20H21F2NO3. The van der Waals surface area contributed by atoms with Crippen LogP contribution >= 0.6 is 0 Å². The maximum atomic E-state index is 13.3. The van der Waals surface area contributed by atoms with Gasteiger partial charge in [-0.05, 0) is 38.5 Å². The molecule has 1 N–H and O–H groups in total. The zero-order valence-electron chi connectivity index (χ0n) is 14.9. The number of hydrogen-bond acceptors (Lipinski definition) is 3. The van der Waals surface area contributed by atoms with Crippen molar-refractivity contribution in [3.63, 3.8) is 0 Å². The number of fused-ring (bicyclic) bond motifs is 1. The summed E-state index contributed by atoms with van der Waals surface area (Å²) in [7, 11) is 0. The summed E-state index contributed by atoms with van der Waals surface area (Å²) >= 11 is 0. The molecule has 0 aliphatic carbocycles. The minimum Gasteiger partial charge on any atom is -0.493 e. The van der Waals surface area contributed by atoms with Crippen LogP contribution in [-0.4, -0.2) is 18.6 Å². The van der Waals surface area contributed by atoms with Gasteiger partial charge in [0.25, 0.3) is 5.91 Å². The summed E-state index contributed by atoms with van der Waals surface area (Å²) in [4.78, 5) is 12.5. The predicted molar refractivity (Wildman–Crippen MR) is 93.4 cm³/mol. The molecule has 0 saturated heterocycles. The van der Waals surface area contributed by atoms with Crippen molar-refractivity contribution in [3.05, 3.63) is 58.7 Å². The summed E-state index contributed by atoms with van der Waals surface area (Å²) in [5.41, 5.74) is 3.07. The Morgan fingerprint density at radius 2 is 2.00 bits per heavy atom. The first kappa shape index (κ1) is 18.2. The van der Waals surface area contributed by atoms with Gasteiger partial charge in [-0.15, -0.1) is 0 Å². The van der Waals surface area contributed by atoms with E-state index in [2.05, 4.69) is 5.32 Å². The third kappa shape index (κ3) is 3.79. The first-order chi connectivity index (χ1) is 12.3. The molecule has 2 atom stereocenters. The molecule has 0 fully saturated rings. The van der Waals surface area contributed by atoms with E-state index in [-0.39, 0.29) is 17.7 Å². The SMILES string of the molecule is Cc1cc(C)c2c(c1)C(NC(=O)C(C)Oc1ccc(F)c(F)c1)CCO2. The van der Waals surface area contributed by atoms with Crippen LogP contribution in [0.25, 0.3) is 0 Å². The maximum Gasteiger partial charge on any atom is 0.261 e. The molecule has 1 aliphatic heterocycles. The summed E-state index contributed by atoms with van der Waals surface area (Å²) in [6, 6.07) is 7.05. The van der Waals surface area contributed by atoms with Crippen LogP contribution in [0.3, 0.4) is 0 Å². The van der Waals surface area contributed by atoms with Crippen molar-refractivity contribution in [2.24, 2.45) is 0 Å². The number of nitrogens with one attached hydrogen (secondary N) is 1. The fourth-order valence-electron chi connectivity index (χ4n) is 3.12. The van der Waals surface area contributed by atoms with E-state index in [1.165, 1.54) is 6.07 Å². The molecule has 26 heavy (non-hydrogen) atoms. The van der Waals surface area contributed by atoms with Gasteiger partial charge in [0.2, 0.25) is 0 Å². The highest BCUT2D eigenvalue weighted by Gasteiger charge is 2.27. The molecule has 0 saturated carbocycles. The number of ether oxygens (including phenoxy) is 2. The van der Waals surface area contributed by atoms with Crippen LogP contribution in [0.2, 0.25) is 0 Å². The molecule has 1 aliphatic rings. The monoisotopic (exact) mass is 361 g/mol. The summed E-state index contributed by atoms with van der Waals surface area (Å²) in [5.74, 6) is -1.39. The van der Waals surface area contributed by atoms with Gasteiger partial charge in [-0.3, -0.25) is 4.79 Å². The van der Waals surface area contributed by atoms with Gasteiger partial charge in [-0.2, -0.15) is 0 Å². The lowest BCUT2D eigenvalue weighted by atomic mass is 9.95. The fourth-order valence-corrected chi connectivity index (χ4v) is 3.12. The molecular weight excluding hydrogens is 340 g/mol. The molecule has 2 unspecified atom stereocenters. The number of carbonyl (C=O) groups is 1. The molecule has 1 heterocycles. The van der Waals surface area contributed by atoms with E-state index in [1.807, 2.05) is 26.0 Å². The molecule has 138 valence electrons. The Bertz CT molecular complexity index is 838. The fraction of sp³-hybridized carbons (Fsp3) is 0.350. The minimum atomic E-state index is -1.01. The normalized spacial score (nSPS) is 17.0. The van der Waals surface area contributed by atoms with Crippen molar-refractivity contribution >= 4 is 5.91 Å². The topological polar surface area (TPSA) is 47.6 Å². The maximum absolute atomic E-state index is 13.3. The molecule has 0 radical (unpaired) electrons. The lowest BCUT2D eigenvalue weighted by Gasteiger charge is -2.29. The van der Waals surface area contributed by atoms with Crippen LogP contribution in [0.5, 0.6) is 11.5 Å². The molecule has 1 amide bonds. The van der Waals surface area contributed by atoms with Gasteiger partial charge in [-0.25, -0.2) is 8.78 Å². The van der Waals surface area contributed by atoms with Gasteiger partial charge in [-0.1, -0.05) is 17.7 Å². The van der Waals surface area contributed by atoms with Crippen LogP contribution in [0.15, 0.2) is 30.3 Å². The Kier molecular flexibility index (Phi) is 5.11. The first-order valence-electron chi connectivity index (χ1n) is 8.51. The zero-order chi connectivity index (χ0) is 18.8. The van der Waals surface area contributed by atoms with E-state index in [4.69, 9.17) is 9.47 Å². The number of amides is 1. The molecule has 2 aromatic rings. The molecule has 0 aromatic heterocycles. The molecule has 4 nitrogen and oxygen atoms in total. The van der Waals surface area contributed by atoms with Crippen molar-refractivity contribution in [1.29, 1.82) is 0 Å². The number of benzene rings is 2. The standard InChI is InChI=1S/C20H21F2NO3/c1-11-8-12(2)19-15(9-11)18(6-7-25-19)23-20(24)13(3)26-14-4-5-16(21)17(22)10-14/h4-5,8-10,13,18H,6-7H2,1-3H3,(H,23,24). The van der Waals surface area contributed by atoms with Crippen molar-refractivity contribution in [1.82, 2.24) is 5.32 Å². The van der Waals surface area contributed by atoms with Crippen LogP contribution in [-0.2, 0) is 4.79 Å². The predicted octanol–water partition coefficient (Wildman–Crippen LogP) is 3.99. The Morgan fingerprint density at radius 3 is 2.73 bits per heavy atom. The zero-order valence-corrected chi connectivity index (χ0v) is 14.9. The second-order valence-electron chi connectivity index (χ2n) is 6.53. The van der Waals surface area contributed by atoms with Crippen LogP contribution in [0.4, 0.5) is 8.78 Å². The van der Waals surface area contributed by atoms with E-state index in [0.29, 0.717) is 13.0 Å². The van der Waals surface area contributed by atoms with E-state index in [0.717, 1.165) is 34.6 Å². The van der Waals surface area contributed by atoms with Crippen molar-refractivity contribution in [2.75, 3.05) is 6.61 Å². The van der Waals surface area contributed by atoms with Gasteiger partial charge in [0.15, 0.2) is 17.7 Å². The lowest BCUT2D eigenvalue weighted by Crippen LogP contribution is -2.40. The smallest absolute Gasteiger partial charge is 0.261 e. The average molecular weight is 361 g/mol. The lowest BCUT2D eigenvalue weighted by molar-refractivity contribution is -0.128. The van der Waals surface area contributed by atoms with E-state index < -0.39 is 17.7 Å². The highest BCUT2D eigenvalue weighted by atomic mass is 19.2. The number of halogens is 2. The van der Waals surface area contributed by atoms with E-state index in [9.17, 15) is 13.6 Å². The summed E-state index contributed by atoms with van der Waals surface area (Å²) < 4.78 is 37.4. The second kappa shape index (κ2) is 7.32. The number of hydrogen-bond donors (Lipinski definition) is 1. The highest BCUT2D eigenvalue weighted by Crippen LogP contribution is 2.35. The van der Waals surface area contributed by atoms with Crippen LogP contribution < -0.4 is 14.8 Å². The van der Waals surface area contributed by atoms with Gasteiger partial charge >= 0.3 is 0 Å². The molecule has 2 aromatic carbocycles. The average Bonchev–Trinajstić information content (AvgIpc) is 2.58. The van der Waals surface area contributed by atoms with Gasteiger partial charge in [0.1, 0.15) is 11.5 Å². The van der Waals surface area contributed by atoms with E-state index >= 15 is 0 Å².